The highest BCUT2D eigenvalue weighted by molar-refractivity contribution is 5.76. The first-order chi connectivity index (χ1) is 18.3. The third kappa shape index (κ3) is 14.0. The van der Waals surface area contributed by atoms with E-state index in [1.807, 2.05) is 0 Å². The zero-order chi connectivity index (χ0) is 30.7. The first-order valence-electron chi connectivity index (χ1n) is 13.5. The lowest BCUT2D eigenvalue weighted by atomic mass is 9.88. The van der Waals surface area contributed by atoms with Gasteiger partial charge in [-0.2, -0.15) is 0 Å². The molecule has 0 unspecified atom stereocenters. The Morgan fingerprint density at radius 3 is 1.52 bits per heavy atom. The average molecular weight is 574 g/mol. The fraction of sp³-hybridized carbons (Fsp3) is 0.815. The van der Waals surface area contributed by atoms with Crippen LogP contribution in [0.2, 0.25) is 0 Å². The van der Waals surface area contributed by atoms with Gasteiger partial charge in [-0.25, -0.2) is 0 Å². The molecule has 230 valence electrons. The Morgan fingerprint density at radius 1 is 0.750 bits per heavy atom. The highest BCUT2D eigenvalue weighted by Crippen LogP contribution is 2.29. The van der Waals surface area contributed by atoms with E-state index in [1.165, 1.54) is 7.11 Å². The number of aliphatic carboxylic acids is 2. The number of carbonyl (C=O) groups is 5. The second-order valence-electron chi connectivity index (χ2n) is 12.2. The van der Waals surface area contributed by atoms with Gasteiger partial charge < -0.3 is 24.4 Å². The van der Waals surface area contributed by atoms with Gasteiger partial charge in [0, 0.05) is 38.1 Å². The summed E-state index contributed by atoms with van der Waals surface area (Å²) >= 11 is 0. The fourth-order valence-corrected chi connectivity index (χ4v) is 4.77. The van der Waals surface area contributed by atoms with Crippen molar-refractivity contribution in [3.63, 3.8) is 0 Å². The number of rotatable bonds is 14. The number of methoxy groups -OCH3 is 1. The Hall–Kier alpha value is -2.77. The summed E-state index contributed by atoms with van der Waals surface area (Å²) in [4.78, 5) is 66.3. The van der Waals surface area contributed by atoms with Gasteiger partial charge in [0.25, 0.3) is 0 Å². The minimum Gasteiger partial charge on any atom is -0.480 e. The summed E-state index contributed by atoms with van der Waals surface area (Å²) in [6.45, 7) is 9.92. The number of ether oxygens (including phenoxy) is 3. The van der Waals surface area contributed by atoms with Crippen molar-refractivity contribution in [2.75, 3.05) is 59.5 Å². The molecule has 1 heterocycles. The average Bonchev–Trinajstić information content (AvgIpc) is 2.92. The number of esters is 3. The number of nitrogens with zero attached hydrogens (tertiary/aromatic N) is 3. The number of unbranched alkanes of at least 4 members (excludes halogenated alkanes) is 1. The van der Waals surface area contributed by atoms with Crippen LogP contribution in [-0.2, 0) is 38.2 Å². The van der Waals surface area contributed by atoms with E-state index in [2.05, 4.69) is 0 Å². The lowest BCUT2D eigenvalue weighted by Gasteiger charge is -2.46. The Balaban J connectivity index is 3.57. The number of carboxylic acid groups (broad SMARTS) is 2. The predicted octanol–water partition coefficient (Wildman–Crippen LogP) is 1.23. The summed E-state index contributed by atoms with van der Waals surface area (Å²) < 4.78 is 15.9. The summed E-state index contributed by atoms with van der Waals surface area (Å²) in [6, 6.07) is 0. The molecule has 1 fully saturated rings. The molecule has 0 aromatic heterocycles. The van der Waals surface area contributed by atoms with Crippen LogP contribution in [0.3, 0.4) is 0 Å². The van der Waals surface area contributed by atoms with E-state index in [0.29, 0.717) is 19.3 Å². The molecule has 0 aliphatic carbocycles. The zero-order valence-electron chi connectivity index (χ0n) is 25.0. The number of hydrogen-bond acceptors (Lipinski definition) is 11. The van der Waals surface area contributed by atoms with Gasteiger partial charge in [-0.1, -0.05) is 6.42 Å². The maximum Gasteiger partial charge on any atom is 0.320 e. The summed E-state index contributed by atoms with van der Waals surface area (Å²) in [5, 5.41) is 19.1. The molecule has 1 aliphatic rings. The molecule has 1 aliphatic heterocycles. The highest BCUT2D eigenvalue weighted by Gasteiger charge is 2.44. The van der Waals surface area contributed by atoms with Crippen molar-refractivity contribution >= 4 is 29.8 Å². The van der Waals surface area contributed by atoms with Crippen molar-refractivity contribution in [2.24, 2.45) is 0 Å². The van der Waals surface area contributed by atoms with Crippen molar-refractivity contribution in [2.45, 2.75) is 84.0 Å². The second-order valence-corrected chi connectivity index (χ2v) is 12.2. The van der Waals surface area contributed by atoms with E-state index in [1.54, 1.807) is 56.2 Å². The lowest BCUT2D eigenvalue weighted by molar-refractivity contribution is -0.164. The molecule has 2 N–H and O–H groups in total. The maximum absolute atomic E-state index is 13.1. The summed E-state index contributed by atoms with van der Waals surface area (Å²) in [5.41, 5.74) is -2.64. The molecule has 1 saturated heterocycles. The Morgan fingerprint density at radius 2 is 1.18 bits per heavy atom. The van der Waals surface area contributed by atoms with Crippen LogP contribution >= 0.6 is 0 Å². The van der Waals surface area contributed by atoms with Gasteiger partial charge in [0.2, 0.25) is 0 Å². The summed E-state index contributed by atoms with van der Waals surface area (Å²) in [5.74, 6) is -3.68. The SMILES string of the molecule is COC(=O)CCCCC1(N(CC(=O)OC(C)(C)C)CC(=O)OC(C)(C)C)CN(CC(=O)O)CCN(CC(=O)O)C1. The van der Waals surface area contributed by atoms with Crippen LogP contribution in [0.4, 0.5) is 0 Å². The Labute approximate surface area is 236 Å². The summed E-state index contributed by atoms with van der Waals surface area (Å²) in [7, 11) is 1.30. The lowest BCUT2D eigenvalue weighted by Crippen LogP contribution is -2.62. The van der Waals surface area contributed by atoms with Crippen molar-refractivity contribution in [1.29, 1.82) is 0 Å². The van der Waals surface area contributed by atoms with Crippen LogP contribution in [0.25, 0.3) is 0 Å². The largest absolute Gasteiger partial charge is 0.480 e. The van der Waals surface area contributed by atoms with Gasteiger partial charge in [0.15, 0.2) is 0 Å². The molecule has 0 amide bonds. The third-order valence-corrected chi connectivity index (χ3v) is 6.14. The third-order valence-electron chi connectivity index (χ3n) is 6.14. The smallest absolute Gasteiger partial charge is 0.320 e. The number of carbonyl (C=O) groups excluding carboxylic acids is 3. The molecule has 0 spiro atoms. The van der Waals surface area contributed by atoms with Gasteiger partial charge in [0.05, 0.1) is 33.3 Å². The van der Waals surface area contributed by atoms with Crippen LogP contribution in [0, 0.1) is 0 Å². The van der Waals surface area contributed by atoms with Crippen molar-refractivity contribution < 1.29 is 48.4 Å². The van der Waals surface area contributed by atoms with E-state index in [0.717, 1.165) is 0 Å². The number of carboxylic acids is 2. The number of hydrogen-bond donors (Lipinski definition) is 2. The van der Waals surface area contributed by atoms with E-state index in [-0.39, 0.29) is 64.7 Å². The van der Waals surface area contributed by atoms with E-state index in [4.69, 9.17) is 14.2 Å². The molecule has 0 saturated carbocycles. The molecule has 0 bridgehead atoms. The van der Waals surface area contributed by atoms with Crippen molar-refractivity contribution in [3.05, 3.63) is 0 Å². The van der Waals surface area contributed by atoms with E-state index < -0.39 is 40.6 Å². The molecular weight excluding hydrogens is 526 g/mol. The standard InChI is InChI=1S/C27H47N3O10/c1-25(2,3)39-23(36)16-30(17-24(37)40-26(4,5)6)27(11-9-8-10-22(35)38-7)18-28(14-20(31)32)12-13-29(19-27)15-21(33)34/h8-19H2,1-7H3,(H,31,32)(H,33,34). The van der Waals surface area contributed by atoms with E-state index >= 15 is 0 Å². The minimum absolute atomic E-state index is 0.138. The predicted molar refractivity (Wildman–Crippen MR) is 145 cm³/mol. The summed E-state index contributed by atoms with van der Waals surface area (Å²) in [6.07, 6.45) is 1.40. The molecule has 1 rings (SSSR count). The Kier molecular flexibility index (Phi) is 13.5. The molecule has 13 heteroatoms. The van der Waals surface area contributed by atoms with Crippen LogP contribution < -0.4 is 0 Å². The van der Waals surface area contributed by atoms with Gasteiger partial charge in [-0.3, -0.25) is 38.7 Å². The molecule has 0 aromatic rings. The van der Waals surface area contributed by atoms with Gasteiger partial charge in [-0.15, -0.1) is 0 Å². The molecule has 0 atom stereocenters. The highest BCUT2D eigenvalue weighted by atomic mass is 16.6. The molecule has 13 nitrogen and oxygen atoms in total. The molecule has 40 heavy (non-hydrogen) atoms. The Bertz CT molecular complexity index is 838. The first-order valence-corrected chi connectivity index (χ1v) is 13.5. The maximum atomic E-state index is 13.1. The quantitative estimate of drug-likeness (QED) is 0.173. The first kappa shape index (κ1) is 35.3. The van der Waals surface area contributed by atoms with Gasteiger partial charge in [0.1, 0.15) is 11.2 Å². The molecular formula is C27H47N3O10. The van der Waals surface area contributed by atoms with Gasteiger partial charge >= 0.3 is 29.8 Å². The zero-order valence-corrected chi connectivity index (χ0v) is 25.0. The van der Waals surface area contributed by atoms with E-state index in [9.17, 15) is 34.2 Å². The normalized spacial score (nSPS) is 16.7. The topological polar surface area (TPSA) is 163 Å². The van der Waals surface area contributed by atoms with Crippen LogP contribution in [0.15, 0.2) is 0 Å². The monoisotopic (exact) mass is 573 g/mol. The fourth-order valence-electron chi connectivity index (χ4n) is 4.77. The van der Waals surface area contributed by atoms with Crippen LogP contribution in [0.5, 0.6) is 0 Å². The van der Waals surface area contributed by atoms with Gasteiger partial charge in [-0.05, 0) is 54.4 Å². The van der Waals surface area contributed by atoms with Crippen molar-refractivity contribution in [1.82, 2.24) is 14.7 Å². The minimum atomic E-state index is -1.06. The second kappa shape index (κ2) is 15.3. The van der Waals surface area contributed by atoms with Crippen LogP contribution in [-0.4, -0.2) is 131 Å². The molecule has 0 aromatic carbocycles. The van der Waals surface area contributed by atoms with Crippen molar-refractivity contribution in [3.8, 4) is 0 Å². The molecule has 0 radical (unpaired) electrons. The van der Waals surface area contributed by atoms with Crippen LogP contribution in [0.1, 0.15) is 67.2 Å².